The summed E-state index contributed by atoms with van der Waals surface area (Å²) in [7, 11) is 0. The molecule has 0 aromatic rings. The van der Waals surface area contributed by atoms with Gasteiger partial charge in [0.25, 0.3) is 0 Å². The van der Waals surface area contributed by atoms with E-state index < -0.39 is 18.1 Å². The van der Waals surface area contributed by atoms with Crippen molar-refractivity contribution < 1.29 is 19.4 Å². The summed E-state index contributed by atoms with van der Waals surface area (Å²) in [5, 5.41) is 8.82. The number of unbranched alkanes of at least 4 members (excludes halogenated alkanes) is 1. The molecule has 0 aliphatic carbocycles. The average Bonchev–Trinajstić information content (AvgIpc) is 2.35. The fraction of sp³-hybridized carbons (Fsp3) is 0.818. The van der Waals surface area contributed by atoms with Crippen molar-refractivity contribution in [3.05, 3.63) is 0 Å². The van der Waals surface area contributed by atoms with Crippen LogP contribution in [-0.4, -0.2) is 53.7 Å². The first kappa shape index (κ1) is 13.9. The molecule has 17 heavy (non-hydrogen) atoms. The molecular formula is C11H20N2O4. The summed E-state index contributed by atoms with van der Waals surface area (Å²) in [5.74, 6) is -1.21. The molecule has 1 aliphatic heterocycles. The van der Waals surface area contributed by atoms with Crippen LogP contribution in [-0.2, 0) is 14.3 Å². The van der Waals surface area contributed by atoms with E-state index in [1.807, 2.05) is 6.92 Å². The number of nitrogens with zero attached hydrogens (tertiary/aromatic N) is 1. The zero-order valence-corrected chi connectivity index (χ0v) is 10.1. The number of carbonyl (C=O) groups is 2. The molecule has 1 heterocycles. The number of ether oxygens (including phenoxy) is 1. The molecule has 0 radical (unpaired) electrons. The minimum atomic E-state index is -1.04. The van der Waals surface area contributed by atoms with E-state index in [1.54, 1.807) is 0 Å². The molecule has 0 aromatic heterocycles. The molecule has 6 nitrogen and oxygen atoms in total. The Kier molecular flexibility index (Phi) is 5.37. The van der Waals surface area contributed by atoms with Gasteiger partial charge in [-0.05, 0) is 6.42 Å². The van der Waals surface area contributed by atoms with Crippen molar-refractivity contribution in [2.24, 2.45) is 5.73 Å². The normalized spacial score (nSPS) is 22.2. The monoisotopic (exact) mass is 244 g/mol. The van der Waals surface area contributed by atoms with Gasteiger partial charge in [-0.15, -0.1) is 0 Å². The Labute approximate surface area is 101 Å². The molecule has 3 N–H and O–H groups in total. The molecule has 1 saturated heterocycles. The highest BCUT2D eigenvalue weighted by molar-refractivity contribution is 5.82. The van der Waals surface area contributed by atoms with E-state index in [2.05, 4.69) is 0 Å². The van der Waals surface area contributed by atoms with Crippen LogP contribution in [0.3, 0.4) is 0 Å². The van der Waals surface area contributed by atoms with Gasteiger partial charge in [-0.1, -0.05) is 19.8 Å². The SMILES string of the molecule is CCCC[C@H](N)C(=O)N1CCOC(C(=O)O)C1. The van der Waals surface area contributed by atoms with E-state index in [-0.39, 0.29) is 19.1 Å². The second-order valence-corrected chi connectivity index (χ2v) is 4.23. The Morgan fingerprint density at radius 2 is 2.29 bits per heavy atom. The van der Waals surface area contributed by atoms with Gasteiger partial charge in [-0.2, -0.15) is 0 Å². The first-order valence-corrected chi connectivity index (χ1v) is 5.95. The molecule has 1 fully saturated rings. The Morgan fingerprint density at radius 3 is 2.88 bits per heavy atom. The number of carboxylic acid groups (broad SMARTS) is 1. The fourth-order valence-electron chi connectivity index (χ4n) is 1.78. The van der Waals surface area contributed by atoms with Gasteiger partial charge < -0.3 is 20.5 Å². The maximum absolute atomic E-state index is 11.9. The van der Waals surface area contributed by atoms with E-state index >= 15 is 0 Å². The maximum Gasteiger partial charge on any atom is 0.334 e. The van der Waals surface area contributed by atoms with Crippen LogP contribution in [0.2, 0.25) is 0 Å². The quantitative estimate of drug-likeness (QED) is 0.699. The molecule has 1 aliphatic rings. The van der Waals surface area contributed by atoms with Gasteiger partial charge in [0.15, 0.2) is 6.10 Å². The fourth-order valence-corrected chi connectivity index (χ4v) is 1.78. The minimum absolute atomic E-state index is 0.0913. The molecule has 6 heteroatoms. The van der Waals surface area contributed by atoms with Gasteiger partial charge in [0.2, 0.25) is 5.91 Å². The van der Waals surface area contributed by atoms with Crippen LogP contribution in [0, 0.1) is 0 Å². The minimum Gasteiger partial charge on any atom is -0.479 e. The van der Waals surface area contributed by atoms with Crippen LogP contribution in [0.1, 0.15) is 26.2 Å². The molecular weight excluding hydrogens is 224 g/mol. The Hall–Kier alpha value is -1.14. The molecule has 0 aromatic carbocycles. The molecule has 0 saturated carbocycles. The molecule has 2 atom stereocenters. The second-order valence-electron chi connectivity index (χ2n) is 4.23. The van der Waals surface area contributed by atoms with Crippen molar-refractivity contribution in [3.63, 3.8) is 0 Å². The first-order valence-electron chi connectivity index (χ1n) is 5.95. The Bertz CT molecular complexity index is 283. The number of rotatable bonds is 5. The number of amides is 1. The predicted molar refractivity (Wildman–Crippen MR) is 61.5 cm³/mol. The van der Waals surface area contributed by atoms with Crippen LogP contribution in [0.4, 0.5) is 0 Å². The molecule has 98 valence electrons. The standard InChI is InChI=1S/C11H20N2O4/c1-2-3-4-8(12)10(14)13-5-6-17-9(7-13)11(15)16/h8-9H,2-7,12H2,1H3,(H,15,16)/t8-,9?/m0/s1. The van der Waals surface area contributed by atoms with Crippen LogP contribution < -0.4 is 5.73 Å². The number of carboxylic acids is 1. The van der Waals surface area contributed by atoms with Gasteiger partial charge in [0, 0.05) is 6.54 Å². The van der Waals surface area contributed by atoms with Gasteiger partial charge in [0.1, 0.15) is 0 Å². The van der Waals surface area contributed by atoms with Gasteiger partial charge >= 0.3 is 5.97 Å². The highest BCUT2D eigenvalue weighted by Gasteiger charge is 2.30. The number of carbonyl (C=O) groups excluding carboxylic acids is 1. The zero-order chi connectivity index (χ0) is 12.8. The van der Waals surface area contributed by atoms with Crippen molar-refractivity contribution in [3.8, 4) is 0 Å². The van der Waals surface area contributed by atoms with Gasteiger partial charge in [0.05, 0.1) is 19.2 Å². The van der Waals surface area contributed by atoms with Crippen molar-refractivity contribution in [1.29, 1.82) is 0 Å². The number of nitrogens with two attached hydrogens (primary N) is 1. The third kappa shape index (κ3) is 3.98. The summed E-state index contributed by atoms with van der Waals surface area (Å²) in [4.78, 5) is 24.2. The highest BCUT2D eigenvalue weighted by atomic mass is 16.5. The summed E-state index contributed by atoms with van der Waals surface area (Å²) in [6.07, 6.45) is 1.61. The van der Waals surface area contributed by atoms with E-state index in [4.69, 9.17) is 15.6 Å². The molecule has 1 amide bonds. The van der Waals surface area contributed by atoms with Crippen LogP contribution in [0.25, 0.3) is 0 Å². The van der Waals surface area contributed by atoms with Crippen LogP contribution in [0.15, 0.2) is 0 Å². The number of hydrogen-bond acceptors (Lipinski definition) is 4. The van der Waals surface area contributed by atoms with Crippen molar-refractivity contribution in [2.75, 3.05) is 19.7 Å². The van der Waals surface area contributed by atoms with E-state index in [0.717, 1.165) is 12.8 Å². The van der Waals surface area contributed by atoms with Crippen molar-refractivity contribution in [2.45, 2.75) is 38.3 Å². The third-order valence-electron chi connectivity index (χ3n) is 2.84. The maximum atomic E-state index is 11.9. The lowest BCUT2D eigenvalue weighted by Crippen LogP contribution is -2.53. The number of morpholine rings is 1. The third-order valence-corrected chi connectivity index (χ3v) is 2.84. The summed E-state index contributed by atoms with van der Waals surface area (Å²) >= 11 is 0. The number of hydrogen-bond donors (Lipinski definition) is 2. The van der Waals surface area contributed by atoms with Gasteiger partial charge in [-0.3, -0.25) is 4.79 Å². The zero-order valence-electron chi connectivity index (χ0n) is 10.1. The summed E-state index contributed by atoms with van der Waals surface area (Å²) in [6.45, 7) is 2.80. The van der Waals surface area contributed by atoms with Gasteiger partial charge in [-0.25, -0.2) is 4.79 Å². The molecule has 0 spiro atoms. The van der Waals surface area contributed by atoms with E-state index in [0.29, 0.717) is 13.0 Å². The van der Waals surface area contributed by atoms with Crippen molar-refractivity contribution >= 4 is 11.9 Å². The summed E-state index contributed by atoms with van der Waals surface area (Å²) in [5.41, 5.74) is 5.78. The van der Waals surface area contributed by atoms with E-state index in [1.165, 1.54) is 4.90 Å². The lowest BCUT2D eigenvalue weighted by atomic mass is 10.1. The highest BCUT2D eigenvalue weighted by Crippen LogP contribution is 2.09. The average molecular weight is 244 g/mol. The van der Waals surface area contributed by atoms with Crippen LogP contribution >= 0.6 is 0 Å². The Morgan fingerprint density at radius 1 is 1.59 bits per heavy atom. The van der Waals surface area contributed by atoms with Crippen LogP contribution in [0.5, 0.6) is 0 Å². The number of aliphatic carboxylic acids is 1. The smallest absolute Gasteiger partial charge is 0.334 e. The topological polar surface area (TPSA) is 92.9 Å². The summed E-state index contributed by atoms with van der Waals surface area (Å²) in [6, 6.07) is -0.525. The molecule has 1 rings (SSSR count). The molecule has 1 unspecified atom stereocenters. The lowest BCUT2D eigenvalue weighted by molar-refractivity contribution is -0.159. The largest absolute Gasteiger partial charge is 0.479 e. The van der Waals surface area contributed by atoms with E-state index in [9.17, 15) is 9.59 Å². The second kappa shape index (κ2) is 6.56. The first-order chi connectivity index (χ1) is 8.06. The lowest BCUT2D eigenvalue weighted by Gasteiger charge is -2.32. The summed E-state index contributed by atoms with van der Waals surface area (Å²) < 4.78 is 5.05. The molecule has 0 bridgehead atoms. The predicted octanol–water partition coefficient (Wildman–Crippen LogP) is -0.184. The Balaban J connectivity index is 2.48. The van der Waals surface area contributed by atoms with Crippen molar-refractivity contribution in [1.82, 2.24) is 4.90 Å².